The van der Waals surface area contributed by atoms with Gasteiger partial charge < -0.3 is 19.1 Å². The number of aryl methyl sites for hydroxylation is 1. The molecule has 0 atom stereocenters. The second-order valence-corrected chi connectivity index (χ2v) is 5.98. The van der Waals surface area contributed by atoms with Crippen molar-refractivity contribution >= 4 is 5.97 Å². The number of hydrogen-bond donors (Lipinski definition) is 1. The van der Waals surface area contributed by atoms with Crippen LogP contribution < -0.4 is 9.47 Å². The lowest BCUT2D eigenvalue weighted by atomic mass is 10.1. The maximum atomic E-state index is 13.3. The topological polar surface area (TPSA) is 60.7 Å². The van der Waals surface area contributed by atoms with Gasteiger partial charge in [0.1, 0.15) is 17.3 Å². The number of carbonyl (C=O) groups is 1. The molecule has 0 saturated heterocycles. The summed E-state index contributed by atoms with van der Waals surface area (Å²) >= 11 is 0. The summed E-state index contributed by atoms with van der Waals surface area (Å²) in [6, 6.07) is 15.4. The molecule has 0 unspecified atom stereocenters. The Kier molecular flexibility index (Phi) is 5.45. The third kappa shape index (κ3) is 3.95. The number of rotatable bonds is 7. The Balaban J connectivity index is 2.20. The molecule has 6 heteroatoms. The molecule has 0 fully saturated rings. The average Bonchev–Trinajstić information content (AvgIpc) is 3.10. The van der Waals surface area contributed by atoms with Gasteiger partial charge in [0.15, 0.2) is 0 Å². The van der Waals surface area contributed by atoms with Crippen LogP contribution in [0.4, 0.5) is 4.39 Å². The van der Waals surface area contributed by atoms with Crippen molar-refractivity contribution in [2.45, 2.75) is 12.8 Å². The average molecular weight is 369 g/mol. The van der Waals surface area contributed by atoms with Gasteiger partial charge in [-0.1, -0.05) is 0 Å². The number of carboxylic acid groups (broad SMARTS) is 1. The normalized spacial score (nSPS) is 10.6. The molecule has 0 saturated carbocycles. The molecule has 1 aromatic heterocycles. The molecule has 140 valence electrons. The first-order chi connectivity index (χ1) is 13.0. The fraction of sp³-hybridized carbons (Fsp3) is 0.190. The van der Waals surface area contributed by atoms with E-state index in [4.69, 9.17) is 14.6 Å². The molecule has 0 aliphatic heterocycles. The maximum absolute atomic E-state index is 13.3. The van der Waals surface area contributed by atoms with E-state index in [9.17, 15) is 9.18 Å². The highest BCUT2D eigenvalue weighted by molar-refractivity contribution is 5.69. The van der Waals surface area contributed by atoms with Crippen LogP contribution in [0.1, 0.15) is 12.1 Å². The summed E-state index contributed by atoms with van der Waals surface area (Å²) in [6.07, 6.45) is 0.343. The summed E-state index contributed by atoms with van der Waals surface area (Å²) in [6.45, 7) is 0. The largest absolute Gasteiger partial charge is 0.497 e. The SMILES string of the molecule is COc1ccc(OC)c(-n2c(CCC(=O)O)ccc2-c2ccc(F)cc2)c1. The molecule has 0 aliphatic rings. The Labute approximate surface area is 156 Å². The van der Waals surface area contributed by atoms with Gasteiger partial charge in [0, 0.05) is 11.8 Å². The smallest absolute Gasteiger partial charge is 0.303 e. The summed E-state index contributed by atoms with van der Waals surface area (Å²) in [7, 11) is 3.15. The van der Waals surface area contributed by atoms with Gasteiger partial charge in [0.2, 0.25) is 0 Å². The summed E-state index contributed by atoms with van der Waals surface area (Å²) in [5, 5.41) is 9.08. The molecule has 1 N–H and O–H groups in total. The lowest BCUT2D eigenvalue weighted by Crippen LogP contribution is -2.07. The zero-order valence-electron chi connectivity index (χ0n) is 15.1. The number of hydrogen-bond acceptors (Lipinski definition) is 3. The van der Waals surface area contributed by atoms with Crippen molar-refractivity contribution in [2.75, 3.05) is 14.2 Å². The zero-order valence-corrected chi connectivity index (χ0v) is 15.1. The van der Waals surface area contributed by atoms with Gasteiger partial charge in [-0.3, -0.25) is 4.79 Å². The number of methoxy groups -OCH3 is 2. The van der Waals surface area contributed by atoms with Crippen molar-refractivity contribution < 1.29 is 23.8 Å². The number of halogens is 1. The summed E-state index contributed by atoms with van der Waals surface area (Å²) in [5.74, 6) is 0.0753. The van der Waals surface area contributed by atoms with Gasteiger partial charge in [-0.25, -0.2) is 4.39 Å². The fourth-order valence-corrected chi connectivity index (χ4v) is 3.01. The van der Waals surface area contributed by atoms with Crippen LogP contribution in [0, 0.1) is 5.82 Å². The van der Waals surface area contributed by atoms with Gasteiger partial charge in [0.25, 0.3) is 0 Å². The molecular weight excluding hydrogens is 349 g/mol. The molecule has 0 bridgehead atoms. The summed E-state index contributed by atoms with van der Waals surface area (Å²) in [4.78, 5) is 11.1. The van der Waals surface area contributed by atoms with Gasteiger partial charge in [0.05, 0.1) is 32.0 Å². The van der Waals surface area contributed by atoms with Crippen molar-refractivity contribution in [1.82, 2.24) is 4.57 Å². The van der Waals surface area contributed by atoms with E-state index in [1.165, 1.54) is 12.1 Å². The molecule has 27 heavy (non-hydrogen) atoms. The Bertz CT molecular complexity index is 947. The lowest BCUT2D eigenvalue weighted by molar-refractivity contribution is -0.136. The molecule has 3 rings (SSSR count). The molecule has 0 amide bonds. The number of carboxylic acids is 1. The van der Waals surface area contributed by atoms with Crippen LogP contribution in [0.5, 0.6) is 11.5 Å². The second-order valence-electron chi connectivity index (χ2n) is 5.98. The Morgan fingerprint density at radius 3 is 2.41 bits per heavy atom. The molecule has 1 heterocycles. The number of aromatic nitrogens is 1. The van der Waals surface area contributed by atoms with E-state index in [1.54, 1.807) is 38.5 Å². The molecule has 5 nitrogen and oxygen atoms in total. The van der Waals surface area contributed by atoms with E-state index < -0.39 is 5.97 Å². The standard InChI is InChI=1S/C21H20FNO4/c1-26-17-9-11-20(27-2)19(13-17)23-16(8-12-21(24)25)7-10-18(23)14-3-5-15(22)6-4-14/h3-7,9-11,13H,8,12H2,1-2H3,(H,24,25). The molecule has 0 spiro atoms. The Morgan fingerprint density at radius 1 is 1.04 bits per heavy atom. The third-order valence-corrected chi connectivity index (χ3v) is 4.32. The minimum atomic E-state index is -0.872. The summed E-state index contributed by atoms with van der Waals surface area (Å²) in [5.41, 5.74) is 3.15. The van der Waals surface area contributed by atoms with E-state index in [-0.39, 0.29) is 12.2 Å². The number of aliphatic carboxylic acids is 1. The van der Waals surface area contributed by atoms with E-state index in [0.29, 0.717) is 17.9 Å². The van der Waals surface area contributed by atoms with E-state index in [1.807, 2.05) is 22.8 Å². The first-order valence-electron chi connectivity index (χ1n) is 8.44. The van der Waals surface area contributed by atoms with Crippen molar-refractivity contribution in [3.8, 4) is 28.4 Å². The minimum absolute atomic E-state index is 0.000838. The minimum Gasteiger partial charge on any atom is -0.497 e. The van der Waals surface area contributed by atoms with Crippen LogP contribution in [0.3, 0.4) is 0 Å². The van der Waals surface area contributed by atoms with Crippen molar-refractivity contribution in [2.24, 2.45) is 0 Å². The van der Waals surface area contributed by atoms with Crippen LogP contribution in [0.2, 0.25) is 0 Å². The van der Waals surface area contributed by atoms with Crippen molar-refractivity contribution in [3.63, 3.8) is 0 Å². The van der Waals surface area contributed by atoms with Crippen LogP contribution in [0.25, 0.3) is 16.9 Å². The van der Waals surface area contributed by atoms with Gasteiger partial charge in [-0.15, -0.1) is 0 Å². The highest BCUT2D eigenvalue weighted by Gasteiger charge is 2.17. The van der Waals surface area contributed by atoms with Crippen LogP contribution in [0.15, 0.2) is 54.6 Å². The first-order valence-corrected chi connectivity index (χ1v) is 8.44. The van der Waals surface area contributed by atoms with Gasteiger partial charge in [-0.05, 0) is 60.5 Å². The van der Waals surface area contributed by atoms with Gasteiger partial charge >= 0.3 is 5.97 Å². The Hall–Kier alpha value is -3.28. The number of benzene rings is 2. The molecule has 2 aromatic carbocycles. The van der Waals surface area contributed by atoms with Gasteiger partial charge in [-0.2, -0.15) is 0 Å². The molecule has 3 aromatic rings. The fourth-order valence-electron chi connectivity index (χ4n) is 3.01. The first kappa shape index (κ1) is 18.5. The highest BCUT2D eigenvalue weighted by atomic mass is 19.1. The van der Waals surface area contributed by atoms with Crippen LogP contribution in [-0.2, 0) is 11.2 Å². The maximum Gasteiger partial charge on any atom is 0.303 e. The third-order valence-electron chi connectivity index (χ3n) is 4.32. The van der Waals surface area contributed by atoms with Crippen molar-refractivity contribution in [3.05, 3.63) is 66.1 Å². The van der Waals surface area contributed by atoms with E-state index in [2.05, 4.69) is 0 Å². The van der Waals surface area contributed by atoms with Crippen molar-refractivity contribution in [1.29, 1.82) is 0 Å². The highest BCUT2D eigenvalue weighted by Crippen LogP contribution is 2.34. The second kappa shape index (κ2) is 7.95. The van der Waals surface area contributed by atoms with E-state index >= 15 is 0 Å². The number of nitrogens with zero attached hydrogens (tertiary/aromatic N) is 1. The molecule has 0 aliphatic carbocycles. The lowest BCUT2D eigenvalue weighted by Gasteiger charge is -2.18. The zero-order chi connectivity index (χ0) is 19.4. The van der Waals surface area contributed by atoms with Crippen LogP contribution >= 0.6 is 0 Å². The molecule has 0 radical (unpaired) electrons. The molecular formula is C21H20FNO4. The van der Waals surface area contributed by atoms with E-state index in [0.717, 1.165) is 22.6 Å². The Morgan fingerprint density at radius 2 is 1.78 bits per heavy atom. The predicted octanol–water partition coefficient (Wildman–Crippen LogP) is 4.32. The summed E-state index contributed by atoms with van der Waals surface area (Å²) < 4.78 is 26.1. The number of ether oxygens (including phenoxy) is 2. The quantitative estimate of drug-likeness (QED) is 0.674. The monoisotopic (exact) mass is 369 g/mol. The predicted molar refractivity (Wildman–Crippen MR) is 100 cm³/mol. The van der Waals surface area contributed by atoms with Crippen LogP contribution in [-0.4, -0.2) is 29.9 Å².